The van der Waals surface area contributed by atoms with Gasteiger partial charge in [0.15, 0.2) is 5.75 Å². The van der Waals surface area contributed by atoms with Gasteiger partial charge in [-0.25, -0.2) is 9.59 Å². The summed E-state index contributed by atoms with van der Waals surface area (Å²) in [5.74, 6) is -0.656. The van der Waals surface area contributed by atoms with E-state index in [-0.39, 0.29) is 30.2 Å². The normalized spacial score (nSPS) is 10.7. The Morgan fingerprint density at radius 2 is 1.96 bits per heavy atom. The molecule has 0 aliphatic carbocycles. The number of esters is 1. The maximum Gasteiger partial charge on any atom is 0.407 e. The van der Waals surface area contributed by atoms with Gasteiger partial charge < -0.3 is 19.5 Å². The number of nitrogens with one attached hydrogen (secondary N) is 1. The number of carbonyl (C=O) groups is 2. The number of nitro benzene ring substituents is 1. The molecule has 9 nitrogen and oxygen atoms in total. The minimum atomic E-state index is -0.619. The summed E-state index contributed by atoms with van der Waals surface area (Å²) < 4.78 is 15.0. The number of hydrogen-bond acceptors (Lipinski definition) is 7. The van der Waals surface area contributed by atoms with E-state index in [1.165, 1.54) is 25.3 Å². The number of rotatable bonds is 7. The van der Waals surface area contributed by atoms with E-state index in [1.54, 1.807) is 20.8 Å². The van der Waals surface area contributed by atoms with Crippen molar-refractivity contribution in [1.29, 1.82) is 0 Å². The first-order valence-electron chi connectivity index (χ1n) is 7.60. The predicted molar refractivity (Wildman–Crippen MR) is 88.8 cm³/mol. The second-order valence-electron chi connectivity index (χ2n) is 6.06. The van der Waals surface area contributed by atoms with Gasteiger partial charge in [0.25, 0.3) is 0 Å². The summed E-state index contributed by atoms with van der Waals surface area (Å²) in [6, 6.07) is 3.73. The van der Waals surface area contributed by atoms with Crippen LogP contribution in [0.4, 0.5) is 10.5 Å². The molecule has 0 heterocycles. The Bertz CT molecular complexity index is 638. The van der Waals surface area contributed by atoms with Crippen molar-refractivity contribution in [2.75, 3.05) is 20.3 Å². The van der Waals surface area contributed by atoms with Crippen molar-refractivity contribution in [3.05, 3.63) is 33.9 Å². The Kier molecular flexibility index (Phi) is 7.16. The van der Waals surface area contributed by atoms with Crippen LogP contribution in [0.25, 0.3) is 0 Å². The maximum absolute atomic E-state index is 11.5. The Hall–Kier alpha value is -2.84. The molecule has 25 heavy (non-hydrogen) atoms. The Balaban J connectivity index is 2.57. The van der Waals surface area contributed by atoms with Crippen molar-refractivity contribution >= 4 is 17.7 Å². The van der Waals surface area contributed by atoms with Gasteiger partial charge in [-0.1, -0.05) is 0 Å². The Morgan fingerprint density at radius 1 is 1.28 bits per heavy atom. The van der Waals surface area contributed by atoms with Crippen molar-refractivity contribution in [2.24, 2.45) is 0 Å². The Morgan fingerprint density at radius 3 is 2.52 bits per heavy atom. The summed E-state index contributed by atoms with van der Waals surface area (Å²) in [4.78, 5) is 33.4. The van der Waals surface area contributed by atoms with Gasteiger partial charge >= 0.3 is 17.7 Å². The quantitative estimate of drug-likeness (QED) is 0.346. The summed E-state index contributed by atoms with van der Waals surface area (Å²) in [6.45, 7) is 5.65. The van der Waals surface area contributed by atoms with Crippen LogP contribution < -0.4 is 10.1 Å². The molecule has 0 atom stereocenters. The highest BCUT2D eigenvalue weighted by molar-refractivity contribution is 5.90. The van der Waals surface area contributed by atoms with Gasteiger partial charge in [0.2, 0.25) is 0 Å². The molecule has 1 aromatic carbocycles. The second-order valence-corrected chi connectivity index (χ2v) is 6.06. The van der Waals surface area contributed by atoms with E-state index < -0.39 is 22.6 Å². The molecule has 0 spiro atoms. The van der Waals surface area contributed by atoms with Gasteiger partial charge in [-0.15, -0.1) is 0 Å². The molecule has 1 N–H and O–H groups in total. The topological polar surface area (TPSA) is 117 Å². The zero-order valence-electron chi connectivity index (χ0n) is 14.7. The van der Waals surface area contributed by atoms with Gasteiger partial charge in [0.05, 0.1) is 24.2 Å². The van der Waals surface area contributed by atoms with Gasteiger partial charge in [0, 0.05) is 18.7 Å². The van der Waals surface area contributed by atoms with E-state index in [2.05, 4.69) is 10.1 Å². The van der Waals surface area contributed by atoms with Crippen LogP contribution in [0.1, 0.15) is 37.6 Å². The summed E-state index contributed by atoms with van der Waals surface area (Å²) in [5, 5.41) is 13.6. The maximum atomic E-state index is 11.5. The van der Waals surface area contributed by atoms with Crippen molar-refractivity contribution in [3.8, 4) is 5.75 Å². The predicted octanol–water partition coefficient (Wildman–Crippen LogP) is 2.68. The van der Waals surface area contributed by atoms with Crippen LogP contribution in [0.5, 0.6) is 5.75 Å². The molecule has 1 rings (SSSR count). The number of carbonyl (C=O) groups excluding carboxylic acids is 2. The number of nitro groups is 1. The Labute approximate surface area is 145 Å². The molecule has 0 aliphatic rings. The van der Waals surface area contributed by atoms with Gasteiger partial charge in [-0.3, -0.25) is 10.1 Å². The summed E-state index contributed by atoms with van der Waals surface area (Å²) in [5.41, 5.74) is -0.696. The zero-order valence-corrected chi connectivity index (χ0v) is 14.7. The number of ether oxygens (including phenoxy) is 3. The number of amides is 1. The highest BCUT2D eigenvalue weighted by Gasteiger charge is 2.19. The van der Waals surface area contributed by atoms with Crippen LogP contribution in [0.2, 0.25) is 0 Å². The van der Waals surface area contributed by atoms with Crippen LogP contribution >= 0.6 is 0 Å². The lowest BCUT2D eigenvalue weighted by Gasteiger charge is -2.19. The lowest BCUT2D eigenvalue weighted by Crippen LogP contribution is -2.33. The first-order chi connectivity index (χ1) is 11.6. The average Bonchev–Trinajstić information content (AvgIpc) is 2.51. The standard InChI is InChI=1S/C16H22N2O7/c1-16(2,3)25-15(20)17-8-5-9-24-13-10-11(14(19)23-4)6-7-12(13)18(21)22/h6-7,10H,5,8-9H2,1-4H3,(H,17,20). The van der Waals surface area contributed by atoms with Crippen molar-refractivity contribution in [3.63, 3.8) is 0 Å². The van der Waals surface area contributed by atoms with Gasteiger partial charge in [0.1, 0.15) is 5.60 Å². The van der Waals surface area contributed by atoms with Gasteiger partial charge in [-0.05, 0) is 33.3 Å². The molecule has 0 radical (unpaired) electrons. The molecular weight excluding hydrogens is 332 g/mol. The largest absolute Gasteiger partial charge is 0.487 e. The van der Waals surface area contributed by atoms with E-state index in [0.29, 0.717) is 6.42 Å². The van der Waals surface area contributed by atoms with E-state index in [9.17, 15) is 19.7 Å². The molecule has 0 saturated heterocycles. The van der Waals surface area contributed by atoms with E-state index in [4.69, 9.17) is 9.47 Å². The number of benzene rings is 1. The second kappa shape index (κ2) is 8.86. The molecule has 0 aliphatic heterocycles. The number of hydrogen-bond donors (Lipinski definition) is 1. The highest BCUT2D eigenvalue weighted by atomic mass is 16.6. The zero-order chi connectivity index (χ0) is 19.0. The van der Waals surface area contributed by atoms with Crippen molar-refractivity contribution in [1.82, 2.24) is 5.32 Å². The number of methoxy groups -OCH3 is 1. The molecular formula is C16H22N2O7. The fourth-order valence-electron chi connectivity index (χ4n) is 1.78. The number of alkyl carbamates (subject to hydrolysis) is 1. The summed E-state index contributed by atoms with van der Waals surface area (Å²) in [6.07, 6.45) is -0.148. The van der Waals surface area contributed by atoms with Crippen LogP contribution in [0, 0.1) is 10.1 Å². The molecule has 0 saturated carbocycles. The number of nitrogens with zero attached hydrogens (tertiary/aromatic N) is 1. The molecule has 0 fully saturated rings. The third-order valence-corrected chi connectivity index (χ3v) is 2.82. The highest BCUT2D eigenvalue weighted by Crippen LogP contribution is 2.28. The minimum absolute atomic E-state index is 0.0369. The first-order valence-corrected chi connectivity index (χ1v) is 7.60. The molecule has 9 heteroatoms. The molecule has 1 amide bonds. The fraction of sp³-hybridized carbons (Fsp3) is 0.500. The molecule has 0 aromatic heterocycles. The summed E-state index contributed by atoms with van der Waals surface area (Å²) >= 11 is 0. The third-order valence-electron chi connectivity index (χ3n) is 2.82. The van der Waals surface area contributed by atoms with Crippen LogP contribution in [-0.2, 0) is 9.47 Å². The van der Waals surface area contributed by atoms with Crippen molar-refractivity contribution in [2.45, 2.75) is 32.8 Å². The molecule has 1 aromatic rings. The molecule has 0 unspecified atom stereocenters. The summed E-state index contributed by atoms with van der Waals surface area (Å²) in [7, 11) is 1.21. The van der Waals surface area contributed by atoms with E-state index >= 15 is 0 Å². The lowest BCUT2D eigenvalue weighted by atomic mass is 10.2. The first kappa shape index (κ1) is 20.2. The smallest absolute Gasteiger partial charge is 0.407 e. The van der Waals surface area contributed by atoms with Crippen LogP contribution in [0.3, 0.4) is 0 Å². The minimum Gasteiger partial charge on any atom is -0.487 e. The molecule has 0 bridgehead atoms. The van der Waals surface area contributed by atoms with Crippen LogP contribution in [-0.4, -0.2) is 42.8 Å². The molecule has 138 valence electrons. The SMILES string of the molecule is COC(=O)c1ccc([N+](=O)[O-])c(OCCCNC(=O)OC(C)(C)C)c1. The fourth-order valence-corrected chi connectivity index (χ4v) is 1.78. The van der Waals surface area contributed by atoms with Crippen molar-refractivity contribution < 1.29 is 28.7 Å². The van der Waals surface area contributed by atoms with E-state index in [1.807, 2.05) is 0 Å². The monoisotopic (exact) mass is 354 g/mol. The third kappa shape index (κ3) is 7.06. The lowest BCUT2D eigenvalue weighted by molar-refractivity contribution is -0.385. The van der Waals surface area contributed by atoms with E-state index in [0.717, 1.165) is 0 Å². The van der Waals surface area contributed by atoms with Crippen LogP contribution in [0.15, 0.2) is 18.2 Å². The average molecular weight is 354 g/mol. The van der Waals surface area contributed by atoms with Gasteiger partial charge in [-0.2, -0.15) is 0 Å².